The SMILES string of the molecule is CCOC(=O)c1nc(N/N=C(/C#N)C(C)=O)sc1C. The molecule has 1 rings (SSSR count). The van der Waals surface area contributed by atoms with Crippen LogP contribution in [0.15, 0.2) is 5.10 Å². The van der Waals surface area contributed by atoms with Crippen molar-refractivity contribution in [3.63, 3.8) is 0 Å². The Morgan fingerprint density at radius 3 is 2.79 bits per heavy atom. The Morgan fingerprint density at radius 2 is 2.26 bits per heavy atom. The lowest BCUT2D eigenvalue weighted by atomic mass is 10.3. The van der Waals surface area contributed by atoms with Gasteiger partial charge >= 0.3 is 5.97 Å². The number of aryl methyl sites for hydroxylation is 1. The van der Waals surface area contributed by atoms with Crippen molar-refractivity contribution in [3.05, 3.63) is 10.6 Å². The van der Waals surface area contributed by atoms with Crippen LogP contribution in [-0.2, 0) is 9.53 Å². The van der Waals surface area contributed by atoms with Crippen LogP contribution in [-0.4, -0.2) is 29.1 Å². The summed E-state index contributed by atoms with van der Waals surface area (Å²) in [7, 11) is 0. The van der Waals surface area contributed by atoms with Gasteiger partial charge in [0.05, 0.1) is 6.61 Å². The van der Waals surface area contributed by atoms with Crippen molar-refractivity contribution < 1.29 is 14.3 Å². The van der Waals surface area contributed by atoms with E-state index in [0.29, 0.717) is 10.0 Å². The number of nitrogens with zero attached hydrogens (tertiary/aromatic N) is 3. The number of carbonyl (C=O) groups is 2. The van der Waals surface area contributed by atoms with Gasteiger partial charge in [0.2, 0.25) is 10.8 Å². The second kappa shape index (κ2) is 6.61. The van der Waals surface area contributed by atoms with Crippen molar-refractivity contribution in [1.29, 1.82) is 5.26 Å². The molecule has 0 atom stereocenters. The molecular formula is C11H12N4O3S. The lowest BCUT2D eigenvalue weighted by molar-refractivity contribution is -0.110. The van der Waals surface area contributed by atoms with Crippen LogP contribution in [0, 0.1) is 18.3 Å². The normalized spacial score (nSPS) is 10.7. The number of thiazole rings is 1. The predicted octanol–water partition coefficient (Wildman–Crippen LogP) is 1.51. The smallest absolute Gasteiger partial charge is 0.358 e. The van der Waals surface area contributed by atoms with Gasteiger partial charge < -0.3 is 4.74 Å². The van der Waals surface area contributed by atoms with Gasteiger partial charge in [-0.15, -0.1) is 0 Å². The molecule has 0 aromatic carbocycles. The fraction of sp³-hybridized carbons (Fsp3) is 0.364. The quantitative estimate of drug-likeness (QED) is 0.498. The van der Waals surface area contributed by atoms with Gasteiger partial charge in [-0.25, -0.2) is 9.78 Å². The second-order valence-electron chi connectivity index (χ2n) is 3.38. The molecular weight excluding hydrogens is 268 g/mol. The molecule has 1 heterocycles. The van der Waals surface area contributed by atoms with Crippen LogP contribution < -0.4 is 5.43 Å². The number of esters is 1. The maximum Gasteiger partial charge on any atom is 0.358 e. The first kappa shape index (κ1) is 14.8. The molecule has 19 heavy (non-hydrogen) atoms. The molecule has 1 aromatic rings. The molecule has 0 amide bonds. The molecule has 0 saturated heterocycles. The molecule has 100 valence electrons. The third kappa shape index (κ3) is 3.86. The van der Waals surface area contributed by atoms with Crippen LogP contribution in [0.2, 0.25) is 0 Å². The number of Topliss-reactive ketones (excluding diaryl/α,β-unsaturated/α-hetero) is 1. The van der Waals surface area contributed by atoms with Crippen LogP contribution in [0.4, 0.5) is 5.13 Å². The van der Waals surface area contributed by atoms with Gasteiger partial charge in [-0.05, 0) is 13.8 Å². The maximum absolute atomic E-state index is 11.5. The van der Waals surface area contributed by atoms with Crippen molar-refractivity contribution in [2.45, 2.75) is 20.8 Å². The minimum atomic E-state index is -0.514. The lowest BCUT2D eigenvalue weighted by Gasteiger charge is -1.97. The Balaban J connectivity index is 2.88. The zero-order valence-corrected chi connectivity index (χ0v) is 11.5. The monoisotopic (exact) mass is 280 g/mol. The molecule has 0 spiro atoms. The lowest BCUT2D eigenvalue weighted by Crippen LogP contribution is -2.09. The summed E-state index contributed by atoms with van der Waals surface area (Å²) in [5, 5.41) is 12.6. The third-order valence-electron chi connectivity index (χ3n) is 1.97. The summed E-state index contributed by atoms with van der Waals surface area (Å²) < 4.78 is 4.84. The van der Waals surface area contributed by atoms with Crippen LogP contribution in [0.25, 0.3) is 0 Å². The number of nitrogens with one attached hydrogen (secondary N) is 1. The Bertz CT molecular complexity index is 571. The van der Waals surface area contributed by atoms with Gasteiger partial charge in [-0.3, -0.25) is 10.2 Å². The highest BCUT2D eigenvalue weighted by Crippen LogP contribution is 2.22. The Hall–Kier alpha value is -2.27. The third-order valence-corrected chi connectivity index (χ3v) is 2.84. The van der Waals surface area contributed by atoms with Crippen LogP contribution in [0.3, 0.4) is 0 Å². The van der Waals surface area contributed by atoms with Crippen LogP contribution in [0.5, 0.6) is 0 Å². The number of hydrogen-bond acceptors (Lipinski definition) is 8. The highest BCUT2D eigenvalue weighted by molar-refractivity contribution is 7.15. The summed E-state index contributed by atoms with van der Waals surface area (Å²) >= 11 is 1.18. The molecule has 0 aliphatic rings. The van der Waals surface area contributed by atoms with E-state index in [1.54, 1.807) is 19.9 Å². The average Bonchev–Trinajstić information content (AvgIpc) is 2.71. The molecule has 0 fully saturated rings. The summed E-state index contributed by atoms with van der Waals surface area (Å²) in [4.78, 5) is 27.2. The summed E-state index contributed by atoms with van der Waals surface area (Å²) in [6.07, 6.45) is 0. The number of hydrogen-bond donors (Lipinski definition) is 1. The number of carbonyl (C=O) groups excluding carboxylic acids is 2. The van der Waals surface area contributed by atoms with Crippen molar-refractivity contribution >= 4 is 33.9 Å². The molecule has 0 radical (unpaired) electrons. The van der Waals surface area contributed by atoms with Gasteiger partial charge in [0.1, 0.15) is 6.07 Å². The number of nitriles is 1. The molecule has 0 unspecified atom stereocenters. The number of rotatable bonds is 5. The standard InChI is InChI=1S/C11H12N4O3S/c1-4-18-10(17)9-7(3)19-11(13-9)15-14-8(5-12)6(2)16/h4H2,1-3H3,(H,13,15)/b14-8-. The van der Waals surface area contributed by atoms with Gasteiger partial charge in [-0.1, -0.05) is 11.3 Å². The Kier molecular flexibility index (Phi) is 5.14. The number of ketones is 1. The largest absolute Gasteiger partial charge is 0.461 e. The summed E-state index contributed by atoms with van der Waals surface area (Å²) in [5.41, 5.74) is 2.42. The van der Waals surface area contributed by atoms with Crippen molar-refractivity contribution in [2.75, 3.05) is 12.0 Å². The summed E-state index contributed by atoms with van der Waals surface area (Å²) in [6, 6.07) is 1.66. The summed E-state index contributed by atoms with van der Waals surface area (Å²) in [5.74, 6) is -0.964. The van der Waals surface area contributed by atoms with E-state index in [9.17, 15) is 9.59 Å². The molecule has 1 aromatic heterocycles. The molecule has 0 bridgehead atoms. The summed E-state index contributed by atoms with van der Waals surface area (Å²) in [6.45, 7) is 4.92. The Morgan fingerprint density at radius 1 is 1.58 bits per heavy atom. The van der Waals surface area contributed by atoms with E-state index >= 15 is 0 Å². The number of ether oxygens (including phenoxy) is 1. The van der Waals surface area contributed by atoms with Crippen molar-refractivity contribution in [1.82, 2.24) is 4.98 Å². The van der Waals surface area contributed by atoms with E-state index in [2.05, 4.69) is 15.5 Å². The van der Waals surface area contributed by atoms with E-state index in [0.717, 1.165) is 0 Å². The predicted molar refractivity (Wildman–Crippen MR) is 70.2 cm³/mol. The van der Waals surface area contributed by atoms with E-state index in [4.69, 9.17) is 10.00 Å². The first-order valence-electron chi connectivity index (χ1n) is 5.38. The number of hydrazone groups is 1. The topological polar surface area (TPSA) is 104 Å². The molecule has 0 saturated carbocycles. The molecule has 8 heteroatoms. The van der Waals surface area contributed by atoms with Crippen molar-refractivity contribution in [3.8, 4) is 6.07 Å². The van der Waals surface area contributed by atoms with E-state index in [-0.39, 0.29) is 18.0 Å². The minimum absolute atomic E-state index is 0.200. The molecule has 0 aliphatic carbocycles. The van der Waals surface area contributed by atoms with Crippen LogP contribution in [0.1, 0.15) is 29.2 Å². The van der Waals surface area contributed by atoms with Crippen molar-refractivity contribution in [2.24, 2.45) is 5.10 Å². The Labute approximate surface area is 113 Å². The maximum atomic E-state index is 11.5. The van der Waals surface area contributed by atoms with Gasteiger partial charge in [0.15, 0.2) is 11.5 Å². The zero-order chi connectivity index (χ0) is 14.4. The highest BCUT2D eigenvalue weighted by Gasteiger charge is 2.16. The van der Waals surface area contributed by atoms with Crippen LogP contribution >= 0.6 is 11.3 Å². The van der Waals surface area contributed by atoms with E-state index in [1.165, 1.54) is 18.3 Å². The second-order valence-corrected chi connectivity index (χ2v) is 4.59. The van der Waals surface area contributed by atoms with Gasteiger partial charge in [-0.2, -0.15) is 10.4 Å². The first-order valence-corrected chi connectivity index (χ1v) is 6.20. The first-order chi connectivity index (χ1) is 8.99. The zero-order valence-electron chi connectivity index (χ0n) is 10.7. The molecule has 0 aliphatic heterocycles. The van der Waals surface area contributed by atoms with Gasteiger partial charge in [0, 0.05) is 11.8 Å². The molecule has 7 nitrogen and oxygen atoms in total. The molecule has 1 N–H and O–H groups in total. The number of aromatic nitrogens is 1. The van der Waals surface area contributed by atoms with E-state index < -0.39 is 11.8 Å². The van der Waals surface area contributed by atoms with E-state index in [1.807, 2.05) is 0 Å². The minimum Gasteiger partial charge on any atom is -0.461 e. The van der Waals surface area contributed by atoms with Gasteiger partial charge in [0.25, 0.3) is 0 Å². The highest BCUT2D eigenvalue weighted by atomic mass is 32.1. The average molecular weight is 280 g/mol. The fourth-order valence-electron chi connectivity index (χ4n) is 1.12. The number of anilines is 1. The fourth-order valence-corrected chi connectivity index (χ4v) is 1.86.